The number of aliphatic imine (C=N–C) groups is 1. The van der Waals surface area contributed by atoms with E-state index in [9.17, 15) is 14.4 Å². The van der Waals surface area contributed by atoms with Crippen molar-refractivity contribution in [1.82, 2.24) is 10.6 Å². The Morgan fingerprint density at radius 1 is 1.00 bits per heavy atom. The summed E-state index contributed by atoms with van der Waals surface area (Å²) in [6.45, 7) is 0.819. The van der Waals surface area contributed by atoms with Gasteiger partial charge in [0.2, 0.25) is 5.91 Å². The van der Waals surface area contributed by atoms with Crippen molar-refractivity contribution in [1.29, 1.82) is 0 Å². The largest absolute Gasteiger partial charge is 0.497 e. The maximum Gasteiger partial charge on any atom is 0.251 e. The number of ether oxygens (including phenoxy) is 1. The number of nitrogens with zero attached hydrogens (tertiary/aromatic N) is 1. The Labute approximate surface area is 187 Å². The number of carbonyl (C=O) groups excluding carboxylic acids is 3. The molecule has 0 atom stereocenters. The molecule has 8 nitrogen and oxygen atoms in total. The third kappa shape index (κ3) is 8.69. The number of hydrogen-bond donors (Lipinski definition) is 3. The van der Waals surface area contributed by atoms with E-state index in [0.29, 0.717) is 36.3 Å². The lowest BCUT2D eigenvalue weighted by Crippen LogP contribution is -2.31. The molecule has 32 heavy (non-hydrogen) atoms. The minimum Gasteiger partial charge on any atom is -0.497 e. The summed E-state index contributed by atoms with van der Waals surface area (Å²) in [5, 5.41) is 14.1. The minimum atomic E-state index is -0.312. The highest BCUT2D eigenvalue weighted by Gasteiger charge is 2.09. The zero-order valence-corrected chi connectivity index (χ0v) is 18.2. The van der Waals surface area contributed by atoms with E-state index in [1.54, 1.807) is 37.6 Å². The molecule has 2 rings (SSSR count). The molecule has 0 aromatic heterocycles. The Morgan fingerprint density at radius 2 is 1.75 bits per heavy atom. The zero-order chi connectivity index (χ0) is 23.2. The first kappa shape index (κ1) is 24.7. The molecule has 0 unspecified atom stereocenters. The quantitative estimate of drug-likeness (QED) is 0.251. The molecule has 0 saturated carbocycles. The lowest BCUT2D eigenvalue weighted by atomic mass is 10.1. The summed E-state index contributed by atoms with van der Waals surface area (Å²) >= 11 is 0. The smallest absolute Gasteiger partial charge is 0.251 e. The molecule has 0 radical (unpaired) electrons. The second-order valence-electron chi connectivity index (χ2n) is 7.03. The molecular formula is C24H29N3O5. The zero-order valence-electron chi connectivity index (χ0n) is 18.2. The maximum absolute atomic E-state index is 12.3. The van der Waals surface area contributed by atoms with Crippen molar-refractivity contribution in [3.8, 4) is 5.75 Å². The van der Waals surface area contributed by atoms with Gasteiger partial charge in [-0.05, 0) is 42.7 Å². The molecular weight excluding hydrogens is 410 g/mol. The van der Waals surface area contributed by atoms with E-state index in [0.717, 1.165) is 5.56 Å². The number of unbranched alkanes of at least 4 members (excludes halogenated alkanes) is 1. The van der Waals surface area contributed by atoms with Gasteiger partial charge < -0.3 is 20.5 Å². The summed E-state index contributed by atoms with van der Waals surface area (Å²) in [5.74, 6) is 0.0913. The molecule has 0 aliphatic carbocycles. The molecule has 0 bridgehead atoms. The van der Waals surface area contributed by atoms with E-state index in [1.807, 2.05) is 24.3 Å². The highest BCUT2D eigenvalue weighted by Crippen LogP contribution is 2.11. The molecule has 0 heterocycles. The summed E-state index contributed by atoms with van der Waals surface area (Å²) in [4.78, 5) is 40.4. The molecule has 170 valence electrons. The van der Waals surface area contributed by atoms with E-state index in [2.05, 4.69) is 15.6 Å². The van der Waals surface area contributed by atoms with Gasteiger partial charge >= 0.3 is 0 Å². The number of Topliss-reactive ketones (excluding diaryl/α,β-unsaturated/α-hetero) is 1. The summed E-state index contributed by atoms with van der Waals surface area (Å²) in [7, 11) is 1.59. The number of nitrogens with one attached hydrogen (secondary N) is 2. The molecule has 0 aliphatic heterocycles. The summed E-state index contributed by atoms with van der Waals surface area (Å²) in [6.07, 6.45) is 3.15. The highest BCUT2D eigenvalue weighted by atomic mass is 16.5. The molecule has 2 amide bonds. The SMILES string of the molecule is COc1cccc(C=NCC(=O)c2ccc(C(=O)NCCC(=O)NCCCCO)cc2)c1. The average molecular weight is 440 g/mol. The van der Waals surface area contributed by atoms with Gasteiger partial charge in [0, 0.05) is 43.5 Å². The summed E-state index contributed by atoms with van der Waals surface area (Å²) < 4.78 is 5.15. The van der Waals surface area contributed by atoms with Crippen LogP contribution in [-0.2, 0) is 4.79 Å². The van der Waals surface area contributed by atoms with Crippen molar-refractivity contribution in [3.63, 3.8) is 0 Å². The first-order valence-corrected chi connectivity index (χ1v) is 10.5. The van der Waals surface area contributed by atoms with Crippen LogP contribution < -0.4 is 15.4 Å². The molecule has 0 fully saturated rings. The molecule has 0 aliphatic rings. The van der Waals surface area contributed by atoms with E-state index in [-0.39, 0.29) is 43.7 Å². The van der Waals surface area contributed by atoms with Gasteiger partial charge in [-0.3, -0.25) is 19.4 Å². The second-order valence-corrected chi connectivity index (χ2v) is 7.03. The Hall–Kier alpha value is -3.52. The van der Waals surface area contributed by atoms with Crippen LogP contribution >= 0.6 is 0 Å². The Morgan fingerprint density at radius 3 is 2.47 bits per heavy atom. The average Bonchev–Trinajstić information content (AvgIpc) is 2.82. The monoisotopic (exact) mass is 439 g/mol. The van der Waals surface area contributed by atoms with Crippen molar-refractivity contribution in [2.24, 2.45) is 4.99 Å². The fourth-order valence-corrected chi connectivity index (χ4v) is 2.80. The fraction of sp³-hybridized carbons (Fsp3) is 0.333. The standard InChI is InChI=1S/C24H29N3O5/c1-32-21-6-4-5-18(15-21)16-25-17-22(29)19-7-9-20(10-8-19)24(31)27-13-11-23(30)26-12-2-3-14-28/h4-10,15-16,28H,2-3,11-14,17H2,1H3,(H,26,30)(H,27,31). The van der Waals surface area contributed by atoms with Gasteiger partial charge in [-0.2, -0.15) is 0 Å². The van der Waals surface area contributed by atoms with Gasteiger partial charge in [-0.15, -0.1) is 0 Å². The van der Waals surface area contributed by atoms with Gasteiger partial charge in [-0.1, -0.05) is 24.3 Å². The van der Waals surface area contributed by atoms with Gasteiger partial charge in [-0.25, -0.2) is 0 Å². The van der Waals surface area contributed by atoms with Crippen LogP contribution in [0.1, 0.15) is 45.5 Å². The van der Waals surface area contributed by atoms with Crippen molar-refractivity contribution in [3.05, 3.63) is 65.2 Å². The Balaban J connectivity index is 1.76. The van der Waals surface area contributed by atoms with E-state index < -0.39 is 0 Å². The number of benzene rings is 2. The number of methoxy groups -OCH3 is 1. The number of carbonyl (C=O) groups is 3. The molecule has 0 spiro atoms. The van der Waals surface area contributed by atoms with Crippen LogP contribution in [0.3, 0.4) is 0 Å². The van der Waals surface area contributed by atoms with E-state index >= 15 is 0 Å². The molecule has 2 aromatic carbocycles. The predicted molar refractivity (Wildman–Crippen MR) is 123 cm³/mol. The molecule has 3 N–H and O–H groups in total. The topological polar surface area (TPSA) is 117 Å². The summed E-state index contributed by atoms with van der Waals surface area (Å²) in [5.41, 5.74) is 1.71. The number of aliphatic hydroxyl groups is 1. The fourth-order valence-electron chi connectivity index (χ4n) is 2.80. The molecule has 0 saturated heterocycles. The Bertz CT molecular complexity index is 925. The third-order valence-electron chi connectivity index (χ3n) is 4.58. The van der Waals surface area contributed by atoms with Crippen LogP contribution in [0, 0.1) is 0 Å². The number of aliphatic hydroxyl groups excluding tert-OH is 1. The van der Waals surface area contributed by atoms with Crippen molar-refractivity contribution >= 4 is 23.8 Å². The van der Waals surface area contributed by atoms with Crippen molar-refractivity contribution in [2.75, 3.05) is 33.4 Å². The second kappa shape index (κ2) is 13.7. The Kier molecular flexibility index (Phi) is 10.6. The minimum absolute atomic E-state index is 0.00380. The highest BCUT2D eigenvalue weighted by molar-refractivity contribution is 6.00. The predicted octanol–water partition coefficient (Wildman–Crippen LogP) is 2.01. The van der Waals surface area contributed by atoms with Crippen LogP contribution in [0.25, 0.3) is 0 Å². The normalized spacial score (nSPS) is 10.7. The van der Waals surface area contributed by atoms with E-state index in [4.69, 9.17) is 9.84 Å². The first-order chi connectivity index (χ1) is 15.5. The summed E-state index contributed by atoms with van der Waals surface area (Å²) in [6, 6.07) is 13.7. The van der Waals surface area contributed by atoms with Crippen LogP contribution in [0.2, 0.25) is 0 Å². The number of rotatable bonds is 13. The molecule has 2 aromatic rings. The van der Waals surface area contributed by atoms with Gasteiger partial charge in [0.05, 0.1) is 7.11 Å². The first-order valence-electron chi connectivity index (χ1n) is 10.5. The number of amides is 2. The molecule has 8 heteroatoms. The number of ketones is 1. The van der Waals surface area contributed by atoms with Crippen molar-refractivity contribution in [2.45, 2.75) is 19.3 Å². The van der Waals surface area contributed by atoms with E-state index in [1.165, 1.54) is 0 Å². The van der Waals surface area contributed by atoms with Gasteiger partial charge in [0.25, 0.3) is 5.91 Å². The van der Waals surface area contributed by atoms with Crippen LogP contribution in [0.15, 0.2) is 53.5 Å². The van der Waals surface area contributed by atoms with Gasteiger partial charge in [0.15, 0.2) is 5.78 Å². The third-order valence-corrected chi connectivity index (χ3v) is 4.58. The van der Waals surface area contributed by atoms with Crippen LogP contribution in [0.5, 0.6) is 5.75 Å². The van der Waals surface area contributed by atoms with Crippen molar-refractivity contribution < 1.29 is 24.2 Å². The lowest BCUT2D eigenvalue weighted by Gasteiger charge is -2.07. The van der Waals surface area contributed by atoms with Crippen LogP contribution in [-0.4, -0.2) is 62.3 Å². The number of hydrogen-bond acceptors (Lipinski definition) is 6. The van der Waals surface area contributed by atoms with Crippen LogP contribution in [0.4, 0.5) is 0 Å². The lowest BCUT2D eigenvalue weighted by molar-refractivity contribution is -0.120. The van der Waals surface area contributed by atoms with Gasteiger partial charge in [0.1, 0.15) is 12.3 Å². The maximum atomic E-state index is 12.3.